The highest BCUT2D eigenvalue weighted by Crippen LogP contribution is 2.21. The maximum atomic E-state index is 12.1. The lowest BCUT2D eigenvalue weighted by Crippen LogP contribution is -2.17. The molecule has 6 nitrogen and oxygen atoms in total. The fourth-order valence-electron chi connectivity index (χ4n) is 2.29. The molecule has 0 bridgehead atoms. The number of aromatic nitrogens is 2. The summed E-state index contributed by atoms with van der Waals surface area (Å²) < 4.78 is 5.41. The van der Waals surface area contributed by atoms with Gasteiger partial charge in [0.2, 0.25) is 0 Å². The molecular weight excluding hydrogens is 352 g/mol. The predicted molar refractivity (Wildman–Crippen MR) is 102 cm³/mol. The van der Waals surface area contributed by atoms with E-state index in [2.05, 4.69) is 20.7 Å². The number of hydrogen-bond donors (Lipinski definition) is 2. The molecule has 0 aliphatic rings. The van der Waals surface area contributed by atoms with Gasteiger partial charge in [-0.25, -0.2) is 5.43 Å². The molecule has 1 aromatic heterocycles. The Bertz CT molecular complexity index is 919. The van der Waals surface area contributed by atoms with E-state index in [9.17, 15) is 4.79 Å². The average Bonchev–Trinajstić information content (AvgIpc) is 3.13. The van der Waals surface area contributed by atoms with Crippen LogP contribution in [0.3, 0.4) is 0 Å². The van der Waals surface area contributed by atoms with Gasteiger partial charge >= 0.3 is 0 Å². The highest BCUT2D eigenvalue weighted by atomic mass is 35.5. The minimum absolute atomic E-state index is 0.317. The molecule has 132 valence electrons. The Balaban J connectivity index is 1.64. The van der Waals surface area contributed by atoms with Crippen molar-refractivity contribution in [3.05, 3.63) is 70.9 Å². The maximum Gasteiger partial charge on any atom is 0.289 e. The zero-order chi connectivity index (χ0) is 18.4. The number of carbonyl (C=O) groups is 1. The first-order valence-corrected chi connectivity index (χ1v) is 8.41. The largest absolute Gasteiger partial charge is 0.494 e. The summed E-state index contributed by atoms with van der Waals surface area (Å²) in [7, 11) is 0. The minimum Gasteiger partial charge on any atom is -0.494 e. The molecule has 2 N–H and O–H groups in total. The van der Waals surface area contributed by atoms with Crippen LogP contribution in [0.4, 0.5) is 0 Å². The molecule has 0 fully saturated rings. The normalized spacial score (nSPS) is 10.8. The molecule has 0 atom stereocenters. The first-order chi connectivity index (χ1) is 12.7. The summed E-state index contributed by atoms with van der Waals surface area (Å²) in [6.45, 7) is 2.54. The first-order valence-electron chi connectivity index (χ1n) is 8.03. The third-order valence-electron chi connectivity index (χ3n) is 3.51. The van der Waals surface area contributed by atoms with Crippen molar-refractivity contribution in [2.24, 2.45) is 5.10 Å². The lowest BCUT2D eigenvalue weighted by Gasteiger charge is -2.02. The lowest BCUT2D eigenvalue weighted by molar-refractivity contribution is 0.0950. The van der Waals surface area contributed by atoms with Gasteiger partial charge in [0.25, 0.3) is 5.91 Å². The van der Waals surface area contributed by atoms with Crippen LogP contribution in [0.1, 0.15) is 23.0 Å². The molecule has 1 heterocycles. The van der Waals surface area contributed by atoms with Crippen molar-refractivity contribution < 1.29 is 9.53 Å². The molecule has 26 heavy (non-hydrogen) atoms. The molecular formula is C19H17ClN4O2. The molecule has 2 aromatic carbocycles. The van der Waals surface area contributed by atoms with Crippen LogP contribution in [-0.4, -0.2) is 28.9 Å². The summed E-state index contributed by atoms with van der Waals surface area (Å²) in [5.74, 6) is 0.410. The number of halogens is 1. The number of aromatic amines is 1. The van der Waals surface area contributed by atoms with E-state index in [1.807, 2.05) is 43.3 Å². The highest BCUT2D eigenvalue weighted by molar-refractivity contribution is 6.30. The van der Waals surface area contributed by atoms with Crippen molar-refractivity contribution in [3.8, 4) is 17.0 Å². The number of benzene rings is 2. The van der Waals surface area contributed by atoms with Gasteiger partial charge in [-0.1, -0.05) is 23.7 Å². The Kier molecular flexibility index (Phi) is 5.66. The number of carbonyl (C=O) groups excluding carboxylic acids is 1. The van der Waals surface area contributed by atoms with Gasteiger partial charge in [0.1, 0.15) is 11.4 Å². The molecule has 3 aromatic rings. The molecule has 1 amide bonds. The van der Waals surface area contributed by atoms with Gasteiger partial charge in [-0.3, -0.25) is 9.89 Å². The van der Waals surface area contributed by atoms with E-state index < -0.39 is 0 Å². The van der Waals surface area contributed by atoms with Crippen molar-refractivity contribution in [2.45, 2.75) is 6.92 Å². The van der Waals surface area contributed by atoms with Crippen LogP contribution in [0.25, 0.3) is 11.3 Å². The van der Waals surface area contributed by atoms with E-state index in [0.717, 1.165) is 16.9 Å². The van der Waals surface area contributed by atoms with E-state index in [1.54, 1.807) is 18.2 Å². The van der Waals surface area contributed by atoms with Crippen molar-refractivity contribution in [1.29, 1.82) is 0 Å². The van der Waals surface area contributed by atoms with Crippen LogP contribution in [0.15, 0.2) is 59.7 Å². The second-order valence-electron chi connectivity index (χ2n) is 5.38. The van der Waals surface area contributed by atoms with Crippen molar-refractivity contribution >= 4 is 23.7 Å². The number of nitrogens with one attached hydrogen (secondary N) is 2. The van der Waals surface area contributed by atoms with Gasteiger partial charge in [0.05, 0.1) is 18.5 Å². The van der Waals surface area contributed by atoms with E-state index in [-0.39, 0.29) is 5.91 Å². The summed E-state index contributed by atoms with van der Waals surface area (Å²) in [5.41, 5.74) is 5.10. The number of hydrogen-bond acceptors (Lipinski definition) is 4. The topological polar surface area (TPSA) is 79.4 Å². The smallest absolute Gasteiger partial charge is 0.289 e. The molecule has 0 spiro atoms. The molecule has 0 radical (unpaired) electrons. The van der Waals surface area contributed by atoms with Crippen LogP contribution in [0.2, 0.25) is 5.02 Å². The summed E-state index contributed by atoms with van der Waals surface area (Å²) in [5, 5.41) is 11.4. The number of nitrogens with zero attached hydrogens (tertiary/aromatic N) is 2. The zero-order valence-corrected chi connectivity index (χ0v) is 14.8. The number of H-pyrrole nitrogens is 1. The van der Waals surface area contributed by atoms with E-state index in [0.29, 0.717) is 23.0 Å². The van der Waals surface area contributed by atoms with E-state index in [1.165, 1.54) is 6.21 Å². The number of rotatable bonds is 6. The summed E-state index contributed by atoms with van der Waals surface area (Å²) in [6, 6.07) is 16.3. The van der Waals surface area contributed by atoms with Crippen molar-refractivity contribution in [3.63, 3.8) is 0 Å². The summed E-state index contributed by atoms with van der Waals surface area (Å²) >= 11 is 5.90. The average molecular weight is 369 g/mol. The Morgan fingerprint density at radius 3 is 2.81 bits per heavy atom. The monoisotopic (exact) mass is 368 g/mol. The number of ether oxygens (including phenoxy) is 1. The van der Waals surface area contributed by atoms with Crippen molar-refractivity contribution in [1.82, 2.24) is 15.6 Å². The van der Waals surface area contributed by atoms with Gasteiger partial charge in [0.15, 0.2) is 0 Å². The molecule has 0 saturated carbocycles. The third kappa shape index (κ3) is 4.49. The van der Waals surface area contributed by atoms with E-state index in [4.69, 9.17) is 16.3 Å². The summed E-state index contributed by atoms with van der Waals surface area (Å²) in [4.78, 5) is 12.1. The molecule has 0 aliphatic carbocycles. The standard InChI is InChI=1S/C19H17ClN4O2/c1-2-26-16-8-6-14(7-9-16)17-11-18(23-22-17)19(25)24-21-12-13-4-3-5-15(20)10-13/h3-12H,2H2,1H3,(H,22,23)(H,24,25)/b21-12-. The lowest BCUT2D eigenvalue weighted by atomic mass is 10.1. The predicted octanol–water partition coefficient (Wildman–Crippen LogP) is 3.89. The van der Waals surface area contributed by atoms with Gasteiger partial charge in [-0.2, -0.15) is 10.2 Å². The van der Waals surface area contributed by atoms with Crippen molar-refractivity contribution in [2.75, 3.05) is 6.61 Å². The second-order valence-corrected chi connectivity index (χ2v) is 5.81. The fraction of sp³-hybridized carbons (Fsp3) is 0.105. The number of amides is 1. The van der Waals surface area contributed by atoms with Crippen LogP contribution >= 0.6 is 11.6 Å². The second kappa shape index (κ2) is 8.31. The van der Waals surface area contributed by atoms with Gasteiger partial charge < -0.3 is 4.74 Å². The fourth-order valence-corrected chi connectivity index (χ4v) is 2.49. The van der Waals surface area contributed by atoms with Crippen LogP contribution < -0.4 is 10.2 Å². The molecule has 0 aliphatic heterocycles. The van der Waals surface area contributed by atoms with Gasteiger partial charge in [-0.15, -0.1) is 0 Å². The highest BCUT2D eigenvalue weighted by Gasteiger charge is 2.10. The molecule has 0 saturated heterocycles. The van der Waals surface area contributed by atoms with Crippen LogP contribution in [0.5, 0.6) is 5.75 Å². The Morgan fingerprint density at radius 2 is 2.08 bits per heavy atom. The Morgan fingerprint density at radius 1 is 1.27 bits per heavy atom. The number of hydrazone groups is 1. The van der Waals surface area contributed by atoms with Crippen LogP contribution in [-0.2, 0) is 0 Å². The van der Waals surface area contributed by atoms with Crippen LogP contribution in [0, 0.1) is 0 Å². The minimum atomic E-state index is -0.382. The Hall–Kier alpha value is -3.12. The maximum absolute atomic E-state index is 12.1. The SMILES string of the molecule is CCOc1ccc(-c2cc(C(=O)N/N=C\c3cccc(Cl)c3)[nH]n2)cc1. The van der Waals surface area contributed by atoms with E-state index >= 15 is 0 Å². The molecule has 3 rings (SSSR count). The quantitative estimate of drug-likeness (QED) is 0.511. The molecule has 0 unspecified atom stereocenters. The molecule has 7 heteroatoms. The Labute approximate surface area is 155 Å². The van der Waals surface area contributed by atoms with Gasteiger partial charge in [0, 0.05) is 10.6 Å². The first kappa shape index (κ1) is 17.7. The zero-order valence-electron chi connectivity index (χ0n) is 14.1. The summed E-state index contributed by atoms with van der Waals surface area (Å²) in [6.07, 6.45) is 1.52. The third-order valence-corrected chi connectivity index (χ3v) is 3.75. The van der Waals surface area contributed by atoms with Gasteiger partial charge in [-0.05, 0) is 55.0 Å².